The molecule has 0 heterocycles. The van der Waals surface area contributed by atoms with Crippen LogP contribution in [0.2, 0.25) is 0 Å². The Morgan fingerprint density at radius 3 is 2.40 bits per heavy atom. The van der Waals surface area contributed by atoms with Crippen molar-refractivity contribution in [2.24, 2.45) is 5.92 Å². The lowest BCUT2D eigenvalue weighted by molar-refractivity contribution is 0.384. The molecule has 1 atom stereocenters. The summed E-state index contributed by atoms with van der Waals surface area (Å²) in [5, 5.41) is 3.37. The Kier molecular flexibility index (Phi) is 5.02. The van der Waals surface area contributed by atoms with Crippen molar-refractivity contribution in [2.45, 2.75) is 38.6 Å². The maximum atomic E-state index is 10.8. The average Bonchev–Trinajstić information content (AvgIpc) is 2.63. The molecule has 0 bridgehead atoms. The van der Waals surface area contributed by atoms with E-state index in [9.17, 15) is 8.42 Å². The lowest BCUT2D eigenvalue weighted by Gasteiger charge is -2.20. The van der Waals surface area contributed by atoms with Gasteiger partial charge < -0.3 is 5.32 Å². The van der Waals surface area contributed by atoms with E-state index >= 15 is 0 Å². The quantitative estimate of drug-likeness (QED) is 0.665. The standard InChI is InChI=1S/C10H22N2O2S/c1-9(10-5-3-4-6-10)11-7-8-12-15(2,13)14/h9-12H,3-8H2,1-2H3. The predicted octanol–water partition coefficient (Wildman–Crippen LogP) is 0.704. The molecule has 1 saturated carbocycles. The highest BCUT2D eigenvalue weighted by Crippen LogP contribution is 2.27. The molecule has 1 fully saturated rings. The van der Waals surface area contributed by atoms with E-state index < -0.39 is 10.0 Å². The first-order chi connectivity index (χ1) is 6.99. The molecule has 0 aliphatic heterocycles. The van der Waals surface area contributed by atoms with Gasteiger partial charge in [0, 0.05) is 19.1 Å². The Morgan fingerprint density at radius 1 is 1.27 bits per heavy atom. The first kappa shape index (κ1) is 12.9. The zero-order valence-corrected chi connectivity index (χ0v) is 10.4. The molecule has 2 N–H and O–H groups in total. The van der Waals surface area contributed by atoms with Crippen molar-refractivity contribution in [3.05, 3.63) is 0 Å². The van der Waals surface area contributed by atoms with Crippen LogP contribution in [0, 0.1) is 5.92 Å². The summed E-state index contributed by atoms with van der Waals surface area (Å²) in [5.74, 6) is 0.781. The number of sulfonamides is 1. The molecule has 0 saturated heterocycles. The second-order valence-electron chi connectivity index (χ2n) is 4.45. The molecule has 0 aromatic heterocycles. The molecule has 1 aliphatic rings. The average molecular weight is 234 g/mol. The first-order valence-corrected chi connectivity index (χ1v) is 7.56. The number of hydrogen-bond acceptors (Lipinski definition) is 3. The fourth-order valence-corrected chi connectivity index (χ4v) is 2.63. The second kappa shape index (κ2) is 5.82. The summed E-state index contributed by atoms with van der Waals surface area (Å²) in [6.45, 7) is 3.39. The van der Waals surface area contributed by atoms with Crippen LogP contribution in [0.5, 0.6) is 0 Å². The molecule has 5 heteroatoms. The molecule has 0 amide bonds. The van der Waals surface area contributed by atoms with Gasteiger partial charge in [0.05, 0.1) is 6.26 Å². The molecule has 1 aliphatic carbocycles. The lowest BCUT2D eigenvalue weighted by Crippen LogP contribution is -2.38. The van der Waals surface area contributed by atoms with Crippen molar-refractivity contribution in [3.8, 4) is 0 Å². The Hall–Kier alpha value is -0.130. The van der Waals surface area contributed by atoms with E-state index in [4.69, 9.17) is 0 Å². The van der Waals surface area contributed by atoms with Crippen molar-refractivity contribution in [1.29, 1.82) is 0 Å². The van der Waals surface area contributed by atoms with Crippen LogP contribution in [0.3, 0.4) is 0 Å². The van der Waals surface area contributed by atoms with Crippen LogP contribution in [-0.4, -0.2) is 33.8 Å². The van der Waals surface area contributed by atoms with Crippen molar-refractivity contribution < 1.29 is 8.42 Å². The Bertz CT molecular complexity index is 271. The minimum Gasteiger partial charge on any atom is -0.313 e. The fourth-order valence-electron chi connectivity index (χ4n) is 2.16. The summed E-state index contributed by atoms with van der Waals surface area (Å²) in [7, 11) is -3.03. The van der Waals surface area contributed by atoms with Crippen LogP contribution in [0.15, 0.2) is 0 Å². The largest absolute Gasteiger partial charge is 0.313 e. The van der Waals surface area contributed by atoms with E-state index in [0.717, 1.165) is 5.92 Å². The van der Waals surface area contributed by atoms with Gasteiger partial charge in [0.15, 0.2) is 0 Å². The van der Waals surface area contributed by atoms with Crippen molar-refractivity contribution >= 4 is 10.0 Å². The summed E-state index contributed by atoms with van der Waals surface area (Å²) in [4.78, 5) is 0. The summed E-state index contributed by atoms with van der Waals surface area (Å²) in [6.07, 6.45) is 6.51. The van der Waals surface area contributed by atoms with Gasteiger partial charge in [-0.25, -0.2) is 13.1 Å². The summed E-state index contributed by atoms with van der Waals surface area (Å²) in [5.41, 5.74) is 0. The van der Waals surface area contributed by atoms with Gasteiger partial charge in [-0.1, -0.05) is 12.8 Å². The van der Waals surface area contributed by atoms with Crippen LogP contribution in [0.4, 0.5) is 0 Å². The van der Waals surface area contributed by atoms with Crippen LogP contribution in [0.25, 0.3) is 0 Å². The van der Waals surface area contributed by atoms with Gasteiger partial charge >= 0.3 is 0 Å². The van der Waals surface area contributed by atoms with Gasteiger partial charge in [0.2, 0.25) is 10.0 Å². The lowest BCUT2D eigenvalue weighted by atomic mass is 10.00. The van der Waals surface area contributed by atoms with E-state index in [0.29, 0.717) is 19.1 Å². The zero-order chi connectivity index (χ0) is 11.3. The maximum Gasteiger partial charge on any atom is 0.208 e. The maximum absolute atomic E-state index is 10.8. The van der Waals surface area contributed by atoms with E-state index in [2.05, 4.69) is 17.0 Å². The molecule has 90 valence electrons. The monoisotopic (exact) mass is 234 g/mol. The topological polar surface area (TPSA) is 58.2 Å². The normalized spacial score (nSPS) is 20.7. The van der Waals surface area contributed by atoms with E-state index in [1.165, 1.54) is 31.9 Å². The first-order valence-electron chi connectivity index (χ1n) is 5.67. The highest BCUT2D eigenvalue weighted by Gasteiger charge is 2.20. The van der Waals surface area contributed by atoms with E-state index in [1.807, 2.05) is 0 Å². The van der Waals surface area contributed by atoms with E-state index in [1.54, 1.807) is 0 Å². The Balaban J connectivity index is 2.09. The minimum absolute atomic E-state index is 0.482. The fraction of sp³-hybridized carbons (Fsp3) is 1.00. The molecule has 0 aromatic rings. The molecule has 0 radical (unpaired) electrons. The molecule has 1 rings (SSSR count). The van der Waals surface area contributed by atoms with Gasteiger partial charge in [-0.05, 0) is 25.7 Å². The molecular formula is C10H22N2O2S. The second-order valence-corrected chi connectivity index (χ2v) is 6.29. The SMILES string of the molecule is CC(NCCNS(C)(=O)=O)C1CCCC1. The molecule has 0 spiro atoms. The van der Waals surface area contributed by atoms with E-state index in [-0.39, 0.29) is 0 Å². The third-order valence-corrected chi connectivity index (χ3v) is 3.79. The molecule has 1 unspecified atom stereocenters. The summed E-state index contributed by atoms with van der Waals surface area (Å²) in [6, 6.07) is 0.508. The van der Waals surface area contributed by atoms with Crippen molar-refractivity contribution in [2.75, 3.05) is 19.3 Å². The van der Waals surface area contributed by atoms with Gasteiger partial charge in [0.1, 0.15) is 0 Å². The third kappa shape index (κ3) is 5.49. The number of hydrogen-bond donors (Lipinski definition) is 2. The van der Waals surface area contributed by atoms with Gasteiger partial charge in [-0.2, -0.15) is 0 Å². The smallest absolute Gasteiger partial charge is 0.208 e. The van der Waals surface area contributed by atoms with Crippen LogP contribution >= 0.6 is 0 Å². The molecule has 15 heavy (non-hydrogen) atoms. The molecular weight excluding hydrogens is 212 g/mol. The van der Waals surface area contributed by atoms with Crippen molar-refractivity contribution in [1.82, 2.24) is 10.0 Å². The van der Waals surface area contributed by atoms with Gasteiger partial charge in [0.25, 0.3) is 0 Å². The summed E-state index contributed by atoms with van der Waals surface area (Å²) >= 11 is 0. The Labute approximate surface area is 92.9 Å². The highest BCUT2D eigenvalue weighted by atomic mass is 32.2. The molecule has 0 aromatic carbocycles. The highest BCUT2D eigenvalue weighted by molar-refractivity contribution is 7.88. The zero-order valence-electron chi connectivity index (χ0n) is 9.62. The van der Waals surface area contributed by atoms with Crippen molar-refractivity contribution in [3.63, 3.8) is 0 Å². The predicted molar refractivity (Wildman–Crippen MR) is 62.3 cm³/mol. The van der Waals surface area contributed by atoms with Crippen LogP contribution < -0.4 is 10.0 Å². The number of rotatable bonds is 6. The van der Waals surface area contributed by atoms with Crippen LogP contribution in [0.1, 0.15) is 32.6 Å². The van der Waals surface area contributed by atoms with Gasteiger partial charge in [-0.15, -0.1) is 0 Å². The Morgan fingerprint density at radius 2 is 1.87 bits per heavy atom. The number of nitrogens with one attached hydrogen (secondary N) is 2. The molecule has 4 nitrogen and oxygen atoms in total. The minimum atomic E-state index is -3.03. The summed E-state index contributed by atoms with van der Waals surface area (Å²) < 4.78 is 24.1. The van der Waals surface area contributed by atoms with Crippen LogP contribution in [-0.2, 0) is 10.0 Å². The van der Waals surface area contributed by atoms with Gasteiger partial charge in [-0.3, -0.25) is 0 Å². The third-order valence-electron chi connectivity index (χ3n) is 3.06.